The molecule has 2 aromatic carbocycles. The first-order chi connectivity index (χ1) is 9.95. The molecule has 0 aliphatic rings. The maximum absolute atomic E-state index is 14.3. The summed E-state index contributed by atoms with van der Waals surface area (Å²) in [4.78, 5) is 0. The van der Waals surface area contributed by atoms with E-state index in [1.807, 2.05) is 6.92 Å². The van der Waals surface area contributed by atoms with Crippen molar-refractivity contribution >= 4 is 11.6 Å². The van der Waals surface area contributed by atoms with Crippen LogP contribution in [0.4, 0.5) is 4.39 Å². The molecule has 112 valence electrons. The van der Waals surface area contributed by atoms with Crippen LogP contribution in [0.15, 0.2) is 30.3 Å². The topological polar surface area (TPSA) is 12.0 Å². The Kier molecular flexibility index (Phi) is 5.02. The molecular weight excluding hydrogens is 285 g/mol. The highest BCUT2D eigenvalue weighted by Crippen LogP contribution is 2.33. The van der Waals surface area contributed by atoms with Gasteiger partial charge in [-0.2, -0.15) is 0 Å². The molecule has 21 heavy (non-hydrogen) atoms. The van der Waals surface area contributed by atoms with Crippen LogP contribution < -0.4 is 5.32 Å². The monoisotopic (exact) mass is 305 g/mol. The van der Waals surface area contributed by atoms with Crippen molar-refractivity contribution in [2.75, 3.05) is 6.54 Å². The van der Waals surface area contributed by atoms with Crippen LogP contribution in [0.5, 0.6) is 0 Å². The highest BCUT2D eigenvalue weighted by Gasteiger charge is 2.22. The standard InChI is InChI=1S/C18H21ClFN/c1-5-21-18(17-15(19)7-6-8-16(17)20)14-10-12(3)11(2)9-13(14)4/h6-10,18,21H,5H2,1-4H3. The zero-order valence-electron chi connectivity index (χ0n) is 12.9. The average Bonchev–Trinajstić information content (AvgIpc) is 2.42. The van der Waals surface area contributed by atoms with Gasteiger partial charge in [0.1, 0.15) is 5.82 Å². The minimum absolute atomic E-state index is 0.233. The second kappa shape index (κ2) is 6.59. The first kappa shape index (κ1) is 16.0. The van der Waals surface area contributed by atoms with Crippen LogP contribution in [-0.2, 0) is 0 Å². The smallest absolute Gasteiger partial charge is 0.129 e. The minimum Gasteiger partial charge on any atom is -0.306 e. The fourth-order valence-corrected chi connectivity index (χ4v) is 2.92. The van der Waals surface area contributed by atoms with E-state index < -0.39 is 0 Å². The number of hydrogen-bond acceptors (Lipinski definition) is 1. The van der Waals surface area contributed by atoms with Crippen molar-refractivity contribution in [2.45, 2.75) is 33.7 Å². The molecule has 1 atom stereocenters. The zero-order valence-corrected chi connectivity index (χ0v) is 13.7. The Morgan fingerprint density at radius 1 is 1.10 bits per heavy atom. The largest absolute Gasteiger partial charge is 0.306 e. The molecule has 0 saturated carbocycles. The third kappa shape index (κ3) is 3.28. The van der Waals surface area contributed by atoms with E-state index in [4.69, 9.17) is 11.6 Å². The van der Waals surface area contributed by atoms with E-state index in [0.717, 1.165) is 17.7 Å². The molecule has 0 fully saturated rings. The van der Waals surface area contributed by atoms with Gasteiger partial charge in [0.05, 0.1) is 6.04 Å². The average molecular weight is 306 g/mol. The van der Waals surface area contributed by atoms with Gasteiger partial charge >= 0.3 is 0 Å². The quantitative estimate of drug-likeness (QED) is 0.828. The van der Waals surface area contributed by atoms with Gasteiger partial charge in [-0.25, -0.2) is 4.39 Å². The molecule has 0 aliphatic carbocycles. The van der Waals surface area contributed by atoms with Crippen molar-refractivity contribution in [3.8, 4) is 0 Å². The Balaban J connectivity index is 2.62. The van der Waals surface area contributed by atoms with E-state index in [1.165, 1.54) is 17.2 Å². The van der Waals surface area contributed by atoms with Gasteiger partial charge in [-0.15, -0.1) is 0 Å². The maximum atomic E-state index is 14.3. The highest BCUT2D eigenvalue weighted by atomic mass is 35.5. The summed E-state index contributed by atoms with van der Waals surface area (Å²) >= 11 is 6.25. The predicted octanol–water partition coefficient (Wildman–Crippen LogP) is 5.10. The molecule has 2 rings (SSSR count). The lowest BCUT2D eigenvalue weighted by Crippen LogP contribution is -2.24. The van der Waals surface area contributed by atoms with Crippen molar-refractivity contribution in [2.24, 2.45) is 0 Å². The lowest BCUT2D eigenvalue weighted by Gasteiger charge is -2.23. The first-order valence-electron chi connectivity index (χ1n) is 7.20. The summed E-state index contributed by atoms with van der Waals surface area (Å²) in [5.41, 5.74) is 5.18. The molecule has 2 aromatic rings. The molecule has 0 aliphatic heterocycles. The summed E-state index contributed by atoms with van der Waals surface area (Å²) in [6, 6.07) is 8.87. The second-order valence-electron chi connectivity index (χ2n) is 5.42. The number of hydrogen-bond donors (Lipinski definition) is 1. The molecule has 3 heteroatoms. The van der Waals surface area contributed by atoms with Crippen molar-refractivity contribution in [3.05, 3.63) is 69.0 Å². The molecule has 1 N–H and O–H groups in total. The first-order valence-corrected chi connectivity index (χ1v) is 7.58. The third-order valence-corrected chi connectivity index (χ3v) is 4.22. The van der Waals surface area contributed by atoms with Gasteiger partial charge in [0.2, 0.25) is 0 Å². The molecule has 1 unspecified atom stereocenters. The van der Waals surface area contributed by atoms with E-state index in [0.29, 0.717) is 10.6 Å². The zero-order chi connectivity index (χ0) is 15.6. The molecule has 0 bridgehead atoms. The van der Waals surface area contributed by atoms with Crippen molar-refractivity contribution in [1.82, 2.24) is 5.32 Å². The Bertz CT molecular complexity index is 632. The number of halogens is 2. The van der Waals surface area contributed by atoms with E-state index in [9.17, 15) is 4.39 Å². The van der Waals surface area contributed by atoms with Crippen molar-refractivity contribution in [1.29, 1.82) is 0 Å². The predicted molar refractivity (Wildman–Crippen MR) is 87.6 cm³/mol. The number of benzene rings is 2. The van der Waals surface area contributed by atoms with Crippen molar-refractivity contribution < 1.29 is 4.39 Å². The van der Waals surface area contributed by atoms with Crippen LogP contribution in [0, 0.1) is 26.6 Å². The van der Waals surface area contributed by atoms with Gasteiger partial charge in [-0.1, -0.05) is 36.7 Å². The normalized spacial score (nSPS) is 12.5. The molecule has 0 radical (unpaired) electrons. The number of rotatable bonds is 4. The van der Waals surface area contributed by atoms with Gasteiger partial charge < -0.3 is 5.32 Å². The molecule has 0 heterocycles. The van der Waals surface area contributed by atoms with Crippen molar-refractivity contribution in [3.63, 3.8) is 0 Å². The van der Waals surface area contributed by atoms with Crippen LogP contribution in [0.1, 0.15) is 40.8 Å². The molecular formula is C18H21ClFN. The Morgan fingerprint density at radius 2 is 1.76 bits per heavy atom. The fourth-order valence-electron chi connectivity index (χ4n) is 2.65. The molecule has 1 nitrogen and oxygen atoms in total. The van der Waals surface area contributed by atoms with Crippen LogP contribution in [0.2, 0.25) is 5.02 Å². The highest BCUT2D eigenvalue weighted by molar-refractivity contribution is 6.31. The van der Waals surface area contributed by atoms with Gasteiger partial charge in [-0.3, -0.25) is 0 Å². The third-order valence-electron chi connectivity index (χ3n) is 3.89. The molecule has 0 amide bonds. The van der Waals surface area contributed by atoms with Crippen LogP contribution in [-0.4, -0.2) is 6.54 Å². The summed E-state index contributed by atoms with van der Waals surface area (Å²) < 4.78 is 14.3. The van der Waals surface area contributed by atoms with Crippen LogP contribution in [0.3, 0.4) is 0 Å². The Morgan fingerprint density at radius 3 is 2.38 bits per heavy atom. The molecule has 0 aromatic heterocycles. The Hall–Kier alpha value is -1.38. The summed E-state index contributed by atoms with van der Waals surface area (Å²) in [7, 11) is 0. The van der Waals surface area contributed by atoms with Gasteiger partial charge in [0.15, 0.2) is 0 Å². The molecule has 0 saturated heterocycles. The van der Waals surface area contributed by atoms with E-state index >= 15 is 0 Å². The lowest BCUT2D eigenvalue weighted by molar-refractivity contribution is 0.558. The van der Waals surface area contributed by atoms with Gasteiger partial charge in [0, 0.05) is 10.6 Å². The van der Waals surface area contributed by atoms with Gasteiger partial charge in [0.25, 0.3) is 0 Å². The lowest BCUT2D eigenvalue weighted by atomic mass is 9.91. The maximum Gasteiger partial charge on any atom is 0.129 e. The minimum atomic E-state index is -0.272. The fraction of sp³-hybridized carbons (Fsp3) is 0.333. The van der Waals surface area contributed by atoms with Crippen LogP contribution in [0.25, 0.3) is 0 Å². The van der Waals surface area contributed by atoms with Gasteiger partial charge in [-0.05, 0) is 61.7 Å². The number of nitrogens with one attached hydrogen (secondary N) is 1. The summed E-state index contributed by atoms with van der Waals surface area (Å²) in [5.74, 6) is -0.272. The summed E-state index contributed by atoms with van der Waals surface area (Å²) in [6.07, 6.45) is 0. The number of aryl methyl sites for hydroxylation is 3. The van der Waals surface area contributed by atoms with Crippen LogP contribution >= 0.6 is 11.6 Å². The van der Waals surface area contributed by atoms with E-state index in [2.05, 4.69) is 38.2 Å². The summed E-state index contributed by atoms with van der Waals surface area (Å²) in [6.45, 7) is 8.97. The molecule has 0 spiro atoms. The van der Waals surface area contributed by atoms with E-state index in [-0.39, 0.29) is 11.9 Å². The summed E-state index contributed by atoms with van der Waals surface area (Å²) in [5, 5.41) is 3.82. The second-order valence-corrected chi connectivity index (χ2v) is 5.83. The van der Waals surface area contributed by atoms with E-state index in [1.54, 1.807) is 12.1 Å². The SMILES string of the molecule is CCNC(c1cc(C)c(C)cc1C)c1c(F)cccc1Cl. The Labute approximate surface area is 131 Å².